The molecule has 3 aromatic rings. The van der Waals surface area contributed by atoms with Gasteiger partial charge in [0.15, 0.2) is 0 Å². The molecule has 1 aliphatic carbocycles. The number of hydrogen-bond donors (Lipinski definition) is 0. The smallest absolute Gasteiger partial charge is 0.145 e. The van der Waals surface area contributed by atoms with Gasteiger partial charge < -0.3 is 9.30 Å². The maximum Gasteiger partial charge on any atom is 0.145 e. The average Bonchev–Trinajstić information content (AvgIpc) is 3.26. The highest BCUT2D eigenvalue weighted by Gasteiger charge is 2.13. The number of fused-ring (bicyclic) bond motifs is 1. The van der Waals surface area contributed by atoms with E-state index < -0.39 is 0 Å². The molecule has 0 radical (unpaired) electrons. The van der Waals surface area contributed by atoms with Gasteiger partial charge in [-0.2, -0.15) is 5.26 Å². The number of rotatable bonds is 4. The average molecular weight is 315 g/mol. The Kier molecular flexibility index (Phi) is 3.76. The number of nitrogens with zero attached hydrogens (tertiary/aromatic N) is 3. The van der Waals surface area contributed by atoms with E-state index in [1.807, 2.05) is 35.0 Å². The van der Waals surface area contributed by atoms with Crippen LogP contribution in [0.5, 0.6) is 11.5 Å². The predicted molar refractivity (Wildman–Crippen MR) is 91.0 cm³/mol. The van der Waals surface area contributed by atoms with E-state index in [1.54, 1.807) is 12.5 Å². The minimum Gasteiger partial charge on any atom is -0.456 e. The van der Waals surface area contributed by atoms with E-state index in [1.165, 1.54) is 17.5 Å². The summed E-state index contributed by atoms with van der Waals surface area (Å²) >= 11 is 0. The Morgan fingerprint density at radius 2 is 2.04 bits per heavy atom. The molecule has 0 aliphatic heterocycles. The topological polar surface area (TPSA) is 50.8 Å². The van der Waals surface area contributed by atoms with Crippen LogP contribution in [0.3, 0.4) is 0 Å². The van der Waals surface area contributed by atoms with Crippen molar-refractivity contribution in [1.29, 1.82) is 5.26 Å². The molecular weight excluding hydrogens is 298 g/mol. The Balaban J connectivity index is 1.62. The van der Waals surface area contributed by atoms with Crippen LogP contribution in [0.4, 0.5) is 0 Å². The molecule has 0 atom stereocenters. The fraction of sp³-hybridized carbons (Fsp3) is 0.200. The number of ether oxygens (including phenoxy) is 1. The lowest BCUT2D eigenvalue weighted by Crippen LogP contribution is -1.98. The lowest BCUT2D eigenvalue weighted by Gasteiger charge is -2.11. The van der Waals surface area contributed by atoms with Crippen LogP contribution in [-0.2, 0) is 19.4 Å². The van der Waals surface area contributed by atoms with Crippen LogP contribution in [0.2, 0.25) is 0 Å². The van der Waals surface area contributed by atoms with Gasteiger partial charge in [0, 0.05) is 18.9 Å². The van der Waals surface area contributed by atoms with Gasteiger partial charge in [-0.25, -0.2) is 4.98 Å². The summed E-state index contributed by atoms with van der Waals surface area (Å²) < 4.78 is 8.02. The Morgan fingerprint density at radius 3 is 2.88 bits per heavy atom. The monoisotopic (exact) mass is 315 g/mol. The molecule has 0 unspecified atom stereocenters. The van der Waals surface area contributed by atoms with Crippen LogP contribution in [-0.4, -0.2) is 9.55 Å². The van der Waals surface area contributed by atoms with Crippen LogP contribution >= 0.6 is 0 Å². The van der Waals surface area contributed by atoms with E-state index in [4.69, 9.17) is 4.74 Å². The predicted octanol–water partition coefficient (Wildman–Crippen LogP) is 4.08. The van der Waals surface area contributed by atoms with Crippen LogP contribution in [0.1, 0.15) is 28.7 Å². The summed E-state index contributed by atoms with van der Waals surface area (Å²) in [5.74, 6) is 1.40. The fourth-order valence-electron chi connectivity index (χ4n) is 3.17. The van der Waals surface area contributed by atoms with Crippen molar-refractivity contribution in [2.75, 3.05) is 0 Å². The first-order valence-corrected chi connectivity index (χ1v) is 8.10. The van der Waals surface area contributed by atoms with Crippen LogP contribution < -0.4 is 4.74 Å². The summed E-state index contributed by atoms with van der Waals surface area (Å²) in [7, 11) is 0. The Labute approximate surface area is 141 Å². The minimum atomic E-state index is 0.546. The standard InChI is InChI=1S/C20H17N3O/c21-12-18-5-4-15(13-23-9-8-22-14-23)10-20(18)24-19-7-6-16-2-1-3-17(16)11-19/h4-11,14H,1-3,13H2. The van der Waals surface area contributed by atoms with E-state index in [9.17, 15) is 5.26 Å². The third-order valence-electron chi connectivity index (χ3n) is 4.39. The second kappa shape index (κ2) is 6.21. The largest absolute Gasteiger partial charge is 0.456 e. The fourth-order valence-corrected chi connectivity index (χ4v) is 3.17. The lowest BCUT2D eigenvalue weighted by molar-refractivity contribution is 0.479. The van der Waals surface area contributed by atoms with E-state index in [0.717, 1.165) is 24.2 Å². The number of benzene rings is 2. The summed E-state index contributed by atoms with van der Waals surface area (Å²) in [6.07, 6.45) is 8.92. The van der Waals surface area contributed by atoms with Crippen molar-refractivity contribution in [2.24, 2.45) is 0 Å². The molecule has 1 heterocycles. The molecule has 0 saturated carbocycles. The van der Waals surface area contributed by atoms with Crippen molar-refractivity contribution in [3.8, 4) is 17.6 Å². The van der Waals surface area contributed by atoms with Gasteiger partial charge >= 0.3 is 0 Å². The van der Waals surface area contributed by atoms with Crippen molar-refractivity contribution >= 4 is 0 Å². The molecular formula is C20H17N3O. The third kappa shape index (κ3) is 2.89. The molecule has 0 N–H and O–H groups in total. The molecule has 0 saturated heterocycles. The van der Waals surface area contributed by atoms with Crippen molar-refractivity contribution in [1.82, 2.24) is 9.55 Å². The van der Waals surface area contributed by atoms with Crippen LogP contribution in [0, 0.1) is 11.3 Å². The zero-order valence-corrected chi connectivity index (χ0v) is 13.3. The summed E-state index contributed by atoms with van der Waals surface area (Å²) in [6.45, 7) is 0.701. The number of aryl methyl sites for hydroxylation is 2. The van der Waals surface area contributed by atoms with Gasteiger partial charge in [0.1, 0.15) is 17.6 Å². The quantitative estimate of drug-likeness (QED) is 0.729. The number of aromatic nitrogens is 2. The van der Waals surface area contributed by atoms with E-state index in [-0.39, 0.29) is 0 Å². The first-order valence-electron chi connectivity index (χ1n) is 8.10. The molecule has 4 rings (SSSR count). The van der Waals surface area contributed by atoms with Gasteiger partial charge in [-0.3, -0.25) is 0 Å². The SMILES string of the molecule is N#Cc1ccc(Cn2ccnc2)cc1Oc1ccc2c(c1)CCC2. The van der Waals surface area contributed by atoms with Gasteiger partial charge in [0.05, 0.1) is 11.9 Å². The zero-order chi connectivity index (χ0) is 16.4. The van der Waals surface area contributed by atoms with Gasteiger partial charge in [0.2, 0.25) is 0 Å². The normalized spacial score (nSPS) is 12.6. The molecule has 1 aromatic heterocycles. The molecule has 2 aromatic carbocycles. The molecule has 1 aliphatic rings. The van der Waals surface area contributed by atoms with Crippen LogP contribution in [0.15, 0.2) is 55.1 Å². The molecule has 0 amide bonds. The Hall–Kier alpha value is -3.06. The highest BCUT2D eigenvalue weighted by molar-refractivity contribution is 5.48. The maximum absolute atomic E-state index is 9.35. The van der Waals surface area contributed by atoms with Crippen molar-refractivity contribution in [2.45, 2.75) is 25.8 Å². The second-order valence-electron chi connectivity index (χ2n) is 6.06. The minimum absolute atomic E-state index is 0.546. The van der Waals surface area contributed by atoms with E-state index in [0.29, 0.717) is 17.9 Å². The Bertz CT molecular complexity index is 907. The second-order valence-corrected chi connectivity index (χ2v) is 6.06. The van der Waals surface area contributed by atoms with Crippen molar-refractivity contribution in [3.05, 3.63) is 77.4 Å². The molecule has 24 heavy (non-hydrogen) atoms. The number of hydrogen-bond acceptors (Lipinski definition) is 3. The third-order valence-corrected chi connectivity index (χ3v) is 4.39. The highest BCUT2D eigenvalue weighted by Crippen LogP contribution is 2.31. The van der Waals surface area contributed by atoms with E-state index >= 15 is 0 Å². The number of nitriles is 1. The molecule has 0 fully saturated rings. The molecule has 0 spiro atoms. The zero-order valence-electron chi connectivity index (χ0n) is 13.3. The summed E-state index contributed by atoms with van der Waals surface area (Å²) in [5.41, 5.74) is 4.39. The lowest BCUT2D eigenvalue weighted by atomic mass is 10.1. The number of imidazole rings is 1. The van der Waals surface area contributed by atoms with Gasteiger partial charge in [0.25, 0.3) is 0 Å². The molecule has 4 heteroatoms. The van der Waals surface area contributed by atoms with Gasteiger partial charge in [-0.1, -0.05) is 12.1 Å². The van der Waals surface area contributed by atoms with Crippen molar-refractivity contribution < 1.29 is 4.74 Å². The van der Waals surface area contributed by atoms with Gasteiger partial charge in [-0.05, 0) is 60.2 Å². The first-order chi connectivity index (χ1) is 11.8. The van der Waals surface area contributed by atoms with E-state index in [2.05, 4.69) is 23.2 Å². The summed E-state index contributed by atoms with van der Waals surface area (Å²) in [5, 5.41) is 9.35. The van der Waals surface area contributed by atoms with Crippen LogP contribution in [0.25, 0.3) is 0 Å². The Morgan fingerprint density at radius 1 is 1.12 bits per heavy atom. The molecule has 4 nitrogen and oxygen atoms in total. The highest BCUT2D eigenvalue weighted by atomic mass is 16.5. The molecule has 0 bridgehead atoms. The van der Waals surface area contributed by atoms with Gasteiger partial charge in [-0.15, -0.1) is 0 Å². The summed E-state index contributed by atoms with van der Waals surface area (Å²) in [6, 6.07) is 14.1. The maximum atomic E-state index is 9.35. The summed E-state index contributed by atoms with van der Waals surface area (Å²) in [4.78, 5) is 4.05. The molecule has 118 valence electrons. The van der Waals surface area contributed by atoms with Crippen molar-refractivity contribution in [3.63, 3.8) is 0 Å². The first kappa shape index (κ1) is 14.5.